The van der Waals surface area contributed by atoms with Gasteiger partial charge >= 0.3 is 0 Å². The number of nitrogens with one attached hydrogen (secondary N) is 1. The Morgan fingerprint density at radius 2 is 1.76 bits per heavy atom. The van der Waals surface area contributed by atoms with Gasteiger partial charge in [0.25, 0.3) is 0 Å². The number of aliphatic hydroxyl groups excluding tert-OH is 1. The second-order valence-corrected chi connectivity index (χ2v) is 5.59. The van der Waals surface area contributed by atoms with E-state index in [1.165, 1.54) is 11.8 Å². The first-order valence-corrected chi connectivity index (χ1v) is 7.74. The third-order valence-electron chi connectivity index (χ3n) is 2.96. The first kappa shape index (κ1) is 15.5. The monoisotopic (exact) mass is 302 g/mol. The summed E-state index contributed by atoms with van der Waals surface area (Å²) in [7, 11) is 0. The predicted octanol–water partition coefficient (Wildman–Crippen LogP) is 2.02. The van der Waals surface area contributed by atoms with Crippen LogP contribution < -0.4 is 5.32 Å². The highest BCUT2D eigenvalue weighted by atomic mass is 32.2. The molecular formula is C16H18N2O2S. The smallest absolute Gasteiger partial charge is 0.230 e. The molecule has 2 N–H and O–H groups in total. The van der Waals surface area contributed by atoms with Crippen LogP contribution in [0, 0.1) is 0 Å². The van der Waals surface area contributed by atoms with Crippen molar-refractivity contribution < 1.29 is 9.90 Å². The van der Waals surface area contributed by atoms with Crippen molar-refractivity contribution in [1.29, 1.82) is 0 Å². The van der Waals surface area contributed by atoms with Gasteiger partial charge in [0.2, 0.25) is 5.91 Å². The average Bonchev–Trinajstić information content (AvgIpc) is 2.54. The Balaban J connectivity index is 1.66. The van der Waals surface area contributed by atoms with Gasteiger partial charge in [-0.05, 0) is 29.7 Å². The van der Waals surface area contributed by atoms with Gasteiger partial charge in [0.1, 0.15) is 0 Å². The number of aliphatic hydroxyl groups is 1. The van der Waals surface area contributed by atoms with Crippen LogP contribution in [0.25, 0.3) is 0 Å². The standard InChI is InChI=1S/C16H18N2O2S/c19-11-14-3-1-13(2-4-14)5-10-18-16(20)12-21-15-6-8-17-9-7-15/h1-4,6-9,19H,5,10-12H2,(H,18,20). The number of rotatable bonds is 7. The van der Waals surface area contributed by atoms with Gasteiger partial charge in [-0.3, -0.25) is 9.78 Å². The van der Waals surface area contributed by atoms with Crippen molar-refractivity contribution >= 4 is 17.7 Å². The van der Waals surface area contributed by atoms with Crippen LogP contribution in [0.2, 0.25) is 0 Å². The molecule has 0 aliphatic heterocycles. The minimum Gasteiger partial charge on any atom is -0.392 e. The Hall–Kier alpha value is -1.85. The normalized spacial score (nSPS) is 10.3. The molecule has 0 radical (unpaired) electrons. The van der Waals surface area contributed by atoms with Crippen molar-refractivity contribution in [2.75, 3.05) is 12.3 Å². The van der Waals surface area contributed by atoms with E-state index in [1.807, 2.05) is 36.4 Å². The lowest BCUT2D eigenvalue weighted by Gasteiger charge is -2.06. The van der Waals surface area contributed by atoms with E-state index < -0.39 is 0 Å². The van der Waals surface area contributed by atoms with E-state index in [0.717, 1.165) is 22.4 Å². The van der Waals surface area contributed by atoms with E-state index in [9.17, 15) is 4.79 Å². The van der Waals surface area contributed by atoms with Gasteiger partial charge in [0.15, 0.2) is 0 Å². The van der Waals surface area contributed by atoms with E-state index in [4.69, 9.17) is 5.11 Å². The second-order valence-electron chi connectivity index (χ2n) is 4.55. The van der Waals surface area contributed by atoms with E-state index in [2.05, 4.69) is 10.3 Å². The van der Waals surface area contributed by atoms with E-state index >= 15 is 0 Å². The van der Waals surface area contributed by atoms with Gasteiger partial charge in [-0.1, -0.05) is 24.3 Å². The summed E-state index contributed by atoms with van der Waals surface area (Å²) in [6, 6.07) is 11.5. The number of hydrogen-bond acceptors (Lipinski definition) is 4. The highest BCUT2D eigenvalue weighted by molar-refractivity contribution is 8.00. The molecule has 2 rings (SSSR count). The molecule has 1 amide bonds. The van der Waals surface area contributed by atoms with Crippen LogP contribution >= 0.6 is 11.8 Å². The van der Waals surface area contributed by atoms with Crippen molar-refractivity contribution in [3.63, 3.8) is 0 Å². The quantitative estimate of drug-likeness (QED) is 0.768. The number of benzene rings is 1. The Bertz CT molecular complexity index is 558. The number of amides is 1. The van der Waals surface area contributed by atoms with Crippen LogP contribution in [-0.2, 0) is 17.8 Å². The van der Waals surface area contributed by atoms with Gasteiger partial charge in [-0.25, -0.2) is 0 Å². The fourth-order valence-electron chi connectivity index (χ4n) is 1.79. The molecular weight excluding hydrogens is 284 g/mol. The number of hydrogen-bond donors (Lipinski definition) is 2. The lowest BCUT2D eigenvalue weighted by atomic mass is 10.1. The molecule has 0 bridgehead atoms. The maximum Gasteiger partial charge on any atom is 0.230 e. The zero-order chi connectivity index (χ0) is 14.9. The maximum absolute atomic E-state index is 11.7. The third kappa shape index (κ3) is 5.57. The summed E-state index contributed by atoms with van der Waals surface area (Å²) in [5, 5.41) is 11.9. The fourth-order valence-corrected chi connectivity index (χ4v) is 2.51. The molecule has 1 aromatic heterocycles. The van der Waals surface area contributed by atoms with Gasteiger partial charge < -0.3 is 10.4 Å². The summed E-state index contributed by atoms with van der Waals surface area (Å²) < 4.78 is 0. The molecule has 4 nitrogen and oxygen atoms in total. The average molecular weight is 302 g/mol. The predicted molar refractivity (Wildman–Crippen MR) is 84.0 cm³/mol. The molecule has 1 heterocycles. The van der Waals surface area contributed by atoms with Gasteiger partial charge in [0, 0.05) is 23.8 Å². The number of nitrogens with zero attached hydrogens (tertiary/aromatic N) is 1. The van der Waals surface area contributed by atoms with Crippen molar-refractivity contribution in [1.82, 2.24) is 10.3 Å². The molecule has 0 spiro atoms. The van der Waals surface area contributed by atoms with Crippen molar-refractivity contribution in [2.45, 2.75) is 17.9 Å². The molecule has 110 valence electrons. The van der Waals surface area contributed by atoms with Crippen molar-refractivity contribution in [3.8, 4) is 0 Å². The summed E-state index contributed by atoms with van der Waals surface area (Å²) in [5.41, 5.74) is 2.05. The maximum atomic E-state index is 11.7. The lowest BCUT2D eigenvalue weighted by molar-refractivity contribution is -0.118. The zero-order valence-electron chi connectivity index (χ0n) is 11.7. The molecule has 0 fully saturated rings. The summed E-state index contributed by atoms with van der Waals surface area (Å²) in [5.74, 6) is 0.441. The molecule has 2 aromatic rings. The van der Waals surface area contributed by atoms with Crippen molar-refractivity contribution in [2.24, 2.45) is 0 Å². The Morgan fingerprint density at radius 1 is 1.10 bits per heavy atom. The summed E-state index contributed by atoms with van der Waals surface area (Å²) in [6.45, 7) is 0.678. The number of carbonyl (C=O) groups excluding carboxylic acids is 1. The Morgan fingerprint density at radius 3 is 2.43 bits per heavy atom. The minimum absolute atomic E-state index is 0.0313. The van der Waals surface area contributed by atoms with E-state index in [1.54, 1.807) is 12.4 Å². The zero-order valence-corrected chi connectivity index (χ0v) is 12.5. The van der Waals surface area contributed by atoms with Gasteiger partial charge in [-0.15, -0.1) is 11.8 Å². The largest absolute Gasteiger partial charge is 0.392 e. The molecule has 0 aliphatic rings. The molecule has 0 atom stereocenters. The van der Waals surface area contributed by atoms with Gasteiger partial charge in [0.05, 0.1) is 12.4 Å². The second kappa shape index (κ2) is 8.44. The van der Waals surface area contributed by atoms with E-state index in [-0.39, 0.29) is 12.5 Å². The number of pyridine rings is 1. The molecule has 0 saturated carbocycles. The topological polar surface area (TPSA) is 62.2 Å². The number of aromatic nitrogens is 1. The van der Waals surface area contributed by atoms with Crippen LogP contribution in [0.4, 0.5) is 0 Å². The first-order valence-electron chi connectivity index (χ1n) is 6.76. The highest BCUT2D eigenvalue weighted by Gasteiger charge is 2.02. The van der Waals surface area contributed by atoms with Crippen LogP contribution in [0.1, 0.15) is 11.1 Å². The number of carbonyl (C=O) groups is 1. The summed E-state index contributed by atoms with van der Waals surface area (Å²) >= 11 is 1.50. The fraction of sp³-hybridized carbons (Fsp3) is 0.250. The molecule has 0 saturated heterocycles. The summed E-state index contributed by atoms with van der Waals surface area (Å²) in [6.07, 6.45) is 4.23. The SMILES string of the molecule is O=C(CSc1ccncc1)NCCc1ccc(CO)cc1. The molecule has 1 aromatic carbocycles. The molecule has 5 heteroatoms. The Labute approximate surface area is 128 Å². The van der Waals surface area contributed by atoms with Crippen molar-refractivity contribution in [3.05, 3.63) is 59.9 Å². The van der Waals surface area contributed by atoms with Gasteiger partial charge in [-0.2, -0.15) is 0 Å². The summed E-state index contributed by atoms with van der Waals surface area (Å²) in [4.78, 5) is 16.7. The van der Waals surface area contributed by atoms with Crippen LogP contribution in [0.3, 0.4) is 0 Å². The highest BCUT2D eigenvalue weighted by Crippen LogP contribution is 2.15. The lowest BCUT2D eigenvalue weighted by Crippen LogP contribution is -2.27. The molecule has 0 unspecified atom stereocenters. The minimum atomic E-state index is 0.0313. The molecule has 0 aliphatic carbocycles. The Kier molecular flexibility index (Phi) is 6.24. The van der Waals surface area contributed by atoms with Crippen LogP contribution in [0.15, 0.2) is 53.7 Å². The van der Waals surface area contributed by atoms with Crippen LogP contribution in [0.5, 0.6) is 0 Å². The molecule has 21 heavy (non-hydrogen) atoms. The van der Waals surface area contributed by atoms with E-state index in [0.29, 0.717) is 12.3 Å². The van der Waals surface area contributed by atoms with Crippen LogP contribution in [-0.4, -0.2) is 28.3 Å². The first-order chi connectivity index (χ1) is 10.3. The number of thioether (sulfide) groups is 1. The third-order valence-corrected chi connectivity index (χ3v) is 3.97.